The molecule has 10 heteroatoms. The first-order valence-electron chi connectivity index (χ1n) is 11.1. The molecule has 1 heterocycles. The summed E-state index contributed by atoms with van der Waals surface area (Å²) in [4.78, 5) is 38.4. The van der Waals surface area contributed by atoms with Crippen LogP contribution in [0.4, 0.5) is 5.00 Å². The molecule has 1 N–H and O–H groups in total. The molecular weight excluding hydrogens is 502 g/mol. The zero-order chi connectivity index (χ0) is 26.0. The molecule has 36 heavy (non-hydrogen) atoms. The van der Waals surface area contributed by atoms with Gasteiger partial charge in [-0.2, -0.15) is 0 Å². The third-order valence-corrected chi connectivity index (χ3v) is 7.76. The predicted octanol–water partition coefficient (Wildman–Crippen LogP) is 4.12. The maximum Gasteiger partial charge on any atom is 0.221 e. The summed E-state index contributed by atoms with van der Waals surface area (Å²) < 4.78 is 36.2. The Morgan fingerprint density at radius 1 is 1.08 bits per heavy atom. The SMILES string of the molecule is COc1ccc(C(CS(C)(=O)=O)C2C(=O)c3csc(NC(C)=O)c3C2=O)cc1OCc1ccccc1. The van der Waals surface area contributed by atoms with E-state index in [-0.39, 0.29) is 28.6 Å². The van der Waals surface area contributed by atoms with E-state index in [0.29, 0.717) is 17.1 Å². The number of hydrogen-bond donors (Lipinski definition) is 1. The molecule has 1 aromatic heterocycles. The van der Waals surface area contributed by atoms with Gasteiger partial charge in [-0.05, 0) is 23.3 Å². The van der Waals surface area contributed by atoms with Crippen molar-refractivity contribution in [2.24, 2.45) is 5.92 Å². The second kappa shape index (κ2) is 10.2. The van der Waals surface area contributed by atoms with E-state index in [1.165, 1.54) is 19.4 Å². The van der Waals surface area contributed by atoms with Crippen LogP contribution in [0.3, 0.4) is 0 Å². The summed E-state index contributed by atoms with van der Waals surface area (Å²) in [5.41, 5.74) is 1.73. The summed E-state index contributed by atoms with van der Waals surface area (Å²) in [5.74, 6) is -3.13. The van der Waals surface area contributed by atoms with Crippen molar-refractivity contribution in [3.8, 4) is 11.5 Å². The minimum absolute atomic E-state index is 0.137. The first-order chi connectivity index (χ1) is 17.1. The standard InChI is InChI=1S/C26H25NO7S2/c1-15(28)27-26-23-18(13-35-26)24(29)22(25(23)30)19(14-36(3,31)32)17-9-10-20(33-2)21(11-17)34-12-16-7-5-4-6-8-16/h4-11,13,19,22H,12,14H2,1-3H3,(H,27,28). The monoisotopic (exact) mass is 527 g/mol. The Morgan fingerprint density at radius 2 is 1.81 bits per heavy atom. The highest BCUT2D eigenvalue weighted by atomic mass is 32.2. The zero-order valence-electron chi connectivity index (χ0n) is 19.9. The smallest absolute Gasteiger partial charge is 0.221 e. The molecule has 0 fully saturated rings. The van der Waals surface area contributed by atoms with Crippen molar-refractivity contribution in [1.29, 1.82) is 0 Å². The number of ether oxygens (including phenoxy) is 2. The van der Waals surface area contributed by atoms with E-state index in [1.807, 2.05) is 30.3 Å². The fraction of sp³-hybridized carbons (Fsp3) is 0.269. The van der Waals surface area contributed by atoms with Crippen LogP contribution in [0.5, 0.6) is 11.5 Å². The highest BCUT2D eigenvalue weighted by Crippen LogP contribution is 2.44. The lowest BCUT2D eigenvalue weighted by Gasteiger charge is -2.23. The molecule has 2 atom stereocenters. The maximum absolute atomic E-state index is 13.5. The van der Waals surface area contributed by atoms with Crippen LogP contribution in [-0.2, 0) is 21.2 Å². The minimum Gasteiger partial charge on any atom is -0.493 e. The number of sulfone groups is 1. The van der Waals surface area contributed by atoms with Gasteiger partial charge in [0.25, 0.3) is 0 Å². The first kappa shape index (κ1) is 25.6. The maximum atomic E-state index is 13.5. The molecule has 3 aromatic rings. The van der Waals surface area contributed by atoms with E-state index < -0.39 is 39.0 Å². The number of thiophene rings is 1. The topological polar surface area (TPSA) is 116 Å². The summed E-state index contributed by atoms with van der Waals surface area (Å²) >= 11 is 1.09. The first-order valence-corrected chi connectivity index (χ1v) is 14.0. The van der Waals surface area contributed by atoms with Crippen LogP contribution >= 0.6 is 11.3 Å². The molecule has 4 rings (SSSR count). The molecule has 188 valence electrons. The van der Waals surface area contributed by atoms with Gasteiger partial charge in [0, 0.05) is 30.0 Å². The van der Waals surface area contributed by atoms with Gasteiger partial charge in [0.15, 0.2) is 23.1 Å². The van der Waals surface area contributed by atoms with E-state index in [0.717, 1.165) is 23.2 Å². The van der Waals surface area contributed by atoms with Gasteiger partial charge in [0.1, 0.15) is 21.4 Å². The third kappa shape index (κ3) is 5.34. The number of ketones is 2. The van der Waals surface area contributed by atoms with Crippen molar-refractivity contribution in [2.75, 3.05) is 24.4 Å². The largest absolute Gasteiger partial charge is 0.493 e. The van der Waals surface area contributed by atoms with Crippen LogP contribution in [0.25, 0.3) is 0 Å². The number of Topliss-reactive ketones (excluding diaryl/α,β-unsaturated/α-hetero) is 2. The van der Waals surface area contributed by atoms with Crippen LogP contribution < -0.4 is 14.8 Å². The summed E-state index contributed by atoms with van der Waals surface area (Å²) in [6.45, 7) is 1.56. The Balaban J connectivity index is 1.72. The molecule has 0 bridgehead atoms. The zero-order valence-corrected chi connectivity index (χ0v) is 21.6. The highest BCUT2D eigenvalue weighted by molar-refractivity contribution is 7.90. The van der Waals surface area contributed by atoms with Gasteiger partial charge in [-0.1, -0.05) is 36.4 Å². The molecule has 0 saturated heterocycles. The average Bonchev–Trinajstić information content (AvgIpc) is 3.34. The van der Waals surface area contributed by atoms with E-state index in [1.54, 1.807) is 18.2 Å². The lowest BCUT2D eigenvalue weighted by molar-refractivity contribution is -0.114. The number of carbonyl (C=O) groups is 3. The Morgan fingerprint density at radius 3 is 2.44 bits per heavy atom. The summed E-state index contributed by atoms with van der Waals surface area (Å²) in [5, 5.41) is 4.41. The van der Waals surface area contributed by atoms with Gasteiger partial charge in [-0.3, -0.25) is 14.4 Å². The Labute approximate surface area is 213 Å². The van der Waals surface area contributed by atoms with E-state index in [2.05, 4.69) is 5.32 Å². The van der Waals surface area contributed by atoms with Crippen molar-refractivity contribution in [1.82, 2.24) is 0 Å². The Hall–Kier alpha value is -3.50. The van der Waals surface area contributed by atoms with Crippen molar-refractivity contribution >= 4 is 43.6 Å². The molecule has 1 aliphatic rings. The predicted molar refractivity (Wildman–Crippen MR) is 137 cm³/mol. The fourth-order valence-corrected chi connectivity index (χ4v) is 6.36. The number of fused-ring (bicyclic) bond motifs is 1. The van der Waals surface area contributed by atoms with Crippen LogP contribution in [0, 0.1) is 5.92 Å². The third-order valence-electron chi connectivity index (χ3n) is 5.90. The van der Waals surface area contributed by atoms with Crippen LogP contribution in [0.2, 0.25) is 0 Å². The second-order valence-corrected chi connectivity index (χ2v) is 11.7. The van der Waals surface area contributed by atoms with E-state index in [4.69, 9.17) is 9.47 Å². The molecule has 0 saturated carbocycles. The van der Waals surface area contributed by atoms with Crippen LogP contribution in [-0.4, -0.2) is 45.0 Å². The molecule has 0 aliphatic heterocycles. The molecule has 1 amide bonds. The van der Waals surface area contributed by atoms with Gasteiger partial charge in [0.2, 0.25) is 5.91 Å². The number of benzene rings is 2. The number of methoxy groups -OCH3 is 1. The van der Waals surface area contributed by atoms with Crippen LogP contribution in [0.1, 0.15) is 44.7 Å². The molecule has 2 aromatic carbocycles. The van der Waals surface area contributed by atoms with Gasteiger partial charge < -0.3 is 14.8 Å². The number of anilines is 1. The van der Waals surface area contributed by atoms with Crippen molar-refractivity contribution in [3.63, 3.8) is 0 Å². The molecule has 0 radical (unpaired) electrons. The average molecular weight is 528 g/mol. The lowest BCUT2D eigenvalue weighted by atomic mass is 9.84. The van der Waals surface area contributed by atoms with Gasteiger partial charge in [0.05, 0.1) is 24.3 Å². The number of rotatable bonds is 9. The number of carbonyl (C=O) groups excluding carboxylic acids is 3. The minimum atomic E-state index is -3.58. The van der Waals surface area contributed by atoms with E-state index in [9.17, 15) is 22.8 Å². The summed E-state index contributed by atoms with van der Waals surface area (Å²) in [7, 11) is -2.09. The van der Waals surface area contributed by atoms with Crippen molar-refractivity contribution in [3.05, 3.63) is 76.2 Å². The van der Waals surface area contributed by atoms with Gasteiger partial charge >= 0.3 is 0 Å². The number of amides is 1. The fourth-order valence-electron chi connectivity index (χ4n) is 4.33. The van der Waals surface area contributed by atoms with Gasteiger partial charge in [-0.25, -0.2) is 8.42 Å². The second-order valence-electron chi connectivity index (χ2n) is 8.62. The molecule has 0 spiro atoms. The van der Waals surface area contributed by atoms with Gasteiger partial charge in [-0.15, -0.1) is 11.3 Å². The Bertz CT molecular complexity index is 1430. The van der Waals surface area contributed by atoms with Crippen LogP contribution in [0.15, 0.2) is 53.9 Å². The molecule has 2 unspecified atom stereocenters. The summed E-state index contributed by atoms with van der Waals surface area (Å²) in [6.07, 6.45) is 1.07. The van der Waals surface area contributed by atoms with Crippen molar-refractivity contribution in [2.45, 2.75) is 19.4 Å². The number of hydrogen-bond acceptors (Lipinski definition) is 8. The highest BCUT2D eigenvalue weighted by Gasteiger charge is 2.47. The lowest BCUT2D eigenvalue weighted by Crippen LogP contribution is -2.29. The molecule has 1 aliphatic carbocycles. The van der Waals surface area contributed by atoms with Crippen molar-refractivity contribution < 1.29 is 32.3 Å². The quantitative estimate of drug-likeness (QED) is 0.416. The van der Waals surface area contributed by atoms with E-state index >= 15 is 0 Å². The molecular formula is C26H25NO7S2. The number of nitrogens with one attached hydrogen (secondary N) is 1. The Kier molecular flexibility index (Phi) is 7.28. The molecule has 8 nitrogen and oxygen atoms in total. The normalized spacial score (nSPS) is 15.9. The summed E-state index contributed by atoms with van der Waals surface area (Å²) in [6, 6.07) is 14.4.